The lowest BCUT2D eigenvalue weighted by atomic mass is 9.82. The average Bonchev–Trinajstić information content (AvgIpc) is 3.25. The molecule has 5 rings (SSSR count). The number of aliphatic hydroxyl groups excluding tert-OH is 1. The Bertz CT molecular complexity index is 1040. The highest BCUT2D eigenvalue weighted by Crippen LogP contribution is 2.47. The summed E-state index contributed by atoms with van der Waals surface area (Å²) < 4.78 is 0. The normalized spacial score (nSPS) is 22.2. The molecule has 3 atom stereocenters. The third-order valence-electron chi connectivity index (χ3n) is 6.49. The first-order chi connectivity index (χ1) is 14.7. The molecule has 0 unspecified atom stereocenters. The van der Waals surface area contributed by atoms with Gasteiger partial charge < -0.3 is 15.3 Å². The monoisotopic (exact) mass is 398 g/mol. The van der Waals surface area contributed by atoms with Crippen molar-refractivity contribution in [3.63, 3.8) is 0 Å². The topological polar surface area (TPSA) is 52.6 Å². The zero-order valence-corrected chi connectivity index (χ0v) is 16.9. The lowest BCUT2D eigenvalue weighted by Gasteiger charge is -2.39. The largest absolute Gasteiger partial charge is 0.394 e. The molecule has 2 N–H and O–H groups in total. The molecule has 1 amide bonds. The average molecular weight is 399 g/mol. The molecule has 4 heteroatoms. The van der Waals surface area contributed by atoms with Gasteiger partial charge in [0.1, 0.15) is 0 Å². The Morgan fingerprint density at radius 2 is 1.70 bits per heavy atom. The van der Waals surface area contributed by atoms with Gasteiger partial charge in [0.15, 0.2) is 0 Å². The van der Waals surface area contributed by atoms with Crippen LogP contribution in [0, 0.1) is 5.92 Å². The van der Waals surface area contributed by atoms with Crippen molar-refractivity contribution in [1.82, 2.24) is 4.90 Å². The molecule has 152 valence electrons. The molecule has 2 aliphatic rings. The quantitative estimate of drug-likeness (QED) is 0.690. The van der Waals surface area contributed by atoms with Gasteiger partial charge in [-0.1, -0.05) is 66.7 Å². The van der Waals surface area contributed by atoms with Crippen molar-refractivity contribution < 1.29 is 9.90 Å². The van der Waals surface area contributed by atoms with Crippen molar-refractivity contribution >= 4 is 11.6 Å². The first-order valence-electron chi connectivity index (χ1n) is 10.6. The molecule has 0 radical (unpaired) electrons. The second kappa shape index (κ2) is 7.96. The zero-order valence-electron chi connectivity index (χ0n) is 16.9. The van der Waals surface area contributed by atoms with Gasteiger partial charge in [-0.15, -0.1) is 0 Å². The number of fused-ring (bicyclic) bond motifs is 3. The number of hydrogen-bond acceptors (Lipinski definition) is 3. The van der Waals surface area contributed by atoms with E-state index in [9.17, 15) is 9.90 Å². The van der Waals surface area contributed by atoms with Crippen LogP contribution >= 0.6 is 0 Å². The highest BCUT2D eigenvalue weighted by Gasteiger charge is 2.45. The summed E-state index contributed by atoms with van der Waals surface area (Å²) >= 11 is 0. The fourth-order valence-electron chi connectivity index (χ4n) is 5.02. The summed E-state index contributed by atoms with van der Waals surface area (Å²) in [4.78, 5) is 15.3. The standard InChI is InChI=1S/C26H26N2O2/c29-17-24-21-13-14-28(25(30)15-18-7-3-1-4-8-18)26(21)22-16-20(11-12-23(22)27-24)19-9-5-2-6-10-19/h1-12,16,21,24,26-27,29H,13-15,17H2/t21-,24-,26-/m1/s1. The number of carbonyl (C=O) groups is 1. The van der Waals surface area contributed by atoms with E-state index in [0.29, 0.717) is 6.42 Å². The van der Waals surface area contributed by atoms with E-state index >= 15 is 0 Å². The first-order valence-corrected chi connectivity index (χ1v) is 10.6. The van der Waals surface area contributed by atoms with Crippen molar-refractivity contribution in [3.8, 4) is 11.1 Å². The summed E-state index contributed by atoms with van der Waals surface area (Å²) in [6, 6.07) is 26.7. The minimum Gasteiger partial charge on any atom is -0.394 e. The minimum atomic E-state index is -0.0281. The second-order valence-corrected chi connectivity index (χ2v) is 8.25. The molecule has 1 fully saturated rings. The molecular weight excluding hydrogens is 372 g/mol. The molecule has 30 heavy (non-hydrogen) atoms. The molecule has 0 saturated carbocycles. The number of amides is 1. The number of nitrogens with zero attached hydrogens (tertiary/aromatic N) is 1. The van der Waals surface area contributed by atoms with Crippen molar-refractivity contribution in [2.45, 2.75) is 24.9 Å². The van der Waals surface area contributed by atoms with Crippen molar-refractivity contribution in [3.05, 3.63) is 90.0 Å². The van der Waals surface area contributed by atoms with Crippen molar-refractivity contribution in [1.29, 1.82) is 0 Å². The number of aliphatic hydroxyl groups is 1. The summed E-state index contributed by atoms with van der Waals surface area (Å²) in [6.07, 6.45) is 1.31. The molecule has 0 aliphatic carbocycles. The summed E-state index contributed by atoms with van der Waals surface area (Å²) in [5.74, 6) is 0.372. The van der Waals surface area contributed by atoms with Crippen LogP contribution in [0.1, 0.15) is 23.6 Å². The van der Waals surface area contributed by atoms with Crippen LogP contribution in [0.3, 0.4) is 0 Å². The molecular formula is C26H26N2O2. The number of hydrogen-bond donors (Lipinski definition) is 2. The molecule has 0 spiro atoms. The van der Waals surface area contributed by atoms with Gasteiger partial charge >= 0.3 is 0 Å². The van der Waals surface area contributed by atoms with E-state index in [-0.39, 0.29) is 30.5 Å². The number of benzene rings is 3. The van der Waals surface area contributed by atoms with Crippen LogP contribution < -0.4 is 5.32 Å². The van der Waals surface area contributed by atoms with E-state index < -0.39 is 0 Å². The van der Waals surface area contributed by atoms with Gasteiger partial charge in [-0.25, -0.2) is 0 Å². The number of anilines is 1. The van der Waals surface area contributed by atoms with Gasteiger partial charge in [-0.05, 0) is 40.8 Å². The molecule has 1 saturated heterocycles. The Balaban J connectivity index is 1.51. The van der Waals surface area contributed by atoms with Gasteiger partial charge in [0, 0.05) is 18.2 Å². The highest BCUT2D eigenvalue weighted by atomic mass is 16.3. The maximum atomic E-state index is 13.3. The van der Waals surface area contributed by atoms with Gasteiger partial charge in [0.25, 0.3) is 0 Å². The van der Waals surface area contributed by atoms with Gasteiger partial charge in [0.05, 0.1) is 25.1 Å². The maximum Gasteiger partial charge on any atom is 0.227 e. The number of likely N-dealkylation sites (tertiary alicyclic amines) is 1. The molecule has 2 heterocycles. The lowest BCUT2D eigenvalue weighted by molar-refractivity contribution is -0.131. The SMILES string of the molecule is O=C(Cc1ccccc1)N1CC[C@@H]2[C@@H](CO)Nc3ccc(-c4ccccc4)cc3[C@@H]21. The predicted octanol–water partition coefficient (Wildman–Crippen LogP) is 4.27. The summed E-state index contributed by atoms with van der Waals surface area (Å²) in [6.45, 7) is 0.802. The third-order valence-corrected chi connectivity index (χ3v) is 6.49. The molecule has 3 aromatic rings. The smallest absolute Gasteiger partial charge is 0.227 e. The summed E-state index contributed by atoms with van der Waals surface area (Å²) in [7, 11) is 0. The lowest BCUT2D eigenvalue weighted by Crippen LogP contribution is -2.43. The zero-order chi connectivity index (χ0) is 20.5. The minimum absolute atomic E-state index is 0.00160. The molecule has 4 nitrogen and oxygen atoms in total. The third kappa shape index (κ3) is 3.37. The maximum absolute atomic E-state index is 13.3. The molecule has 0 aromatic heterocycles. The number of carbonyl (C=O) groups excluding carboxylic acids is 1. The Morgan fingerprint density at radius 1 is 0.967 bits per heavy atom. The van der Waals surface area contributed by atoms with Crippen LogP contribution in [-0.2, 0) is 11.2 Å². The summed E-state index contributed by atoms with van der Waals surface area (Å²) in [5.41, 5.74) is 5.54. The van der Waals surface area contributed by atoms with Crippen LogP contribution in [0.25, 0.3) is 11.1 Å². The fourth-order valence-corrected chi connectivity index (χ4v) is 5.02. The van der Waals surface area contributed by atoms with Gasteiger partial charge in [0.2, 0.25) is 5.91 Å². The Labute approximate surface area is 177 Å². The molecule has 0 bridgehead atoms. The molecule has 3 aromatic carbocycles. The fraction of sp³-hybridized carbons (Fsp3) is 0.269. The number of nitrogens with one attached hydrogen (secondary N) is 1. The second-order valence-electron chi connectivity index (χ2n) is 8.25. The van der Waals surface area contributed by atoms with E-state index in [2.05, 4.69) is 35.6 Å². The molecule has 2 aliphatic heterocycles. The number of rotatable bonds is 4. The van der Waals surface area contributed by atoms with Crippen LogP contribution in [0.2, 0.25) is 0 Å². The predicted molar refractivity (Wildman–Crippen MR) is 119 cm³/mol. The Hall–Kier alpha value is -3.11. The van der Waals surface area contributed by atoms with Crippen LogP contribution in [0.5, 0.6) is 0 Å². The van der Waals surface area contributed by atoms with Gasteiger partial charge in [-0.2, -0.15) is 0 Å². The van der Waals surface area contributed by atoms with Crippen molar-refractivity contribution in [2.75, 3.05) is 18.5 Å². The van der Waals surface area contributed by atoms with E-state index in [1.54, 1.807) is 0 Å². The van der Waals surface area contributed by atoms with E-state index in [4.69, 9.17) is 0 Å². The van der Waals surface area contributed by atoms with Crippen LogP contribution in [0.15, 0.2) is 78.9 Å². The van der Waals surface area contributed by atoms with Gasteiger partial charge in [-0.3, -0.25) is 4.79 Å². The summed E-state index contributed by atoms with van der Waals surface area (Å²) in [5, 5.41) is 13.5. The van der Waals surface area contributed by atoms with Crippen LogP contribution in [0.4, 0.5) is 5.69 Å². The highest BCUT2D eigenvalue weighted by molar-refractivity contribution is 5.81. The Morgan fingerprint density at radius 3 is 2.43 bits per heavy atom. The Kier molecular flexibility index (Phi) is 5.01. The van der Waals surface area contributed by atoms with E-state index in [1.807, 2.05) is 53.4 Å². The first kappa shape index (κ1) is 18.9. The van der Waals surface area contributed by atoms with Crippen LogP contribution in [-0.4, -0.2) is 35.1 Å². The van der Waals surface area contributed by atoms with E-state index in [1.165, 1.54) is 5.56 Å². The van der Waals surface area contributed by atoms with E-state index in [0.717, 1.165) is 35.3 Å². The van der Waals surface area contributed by atoms with Crippen molar-refractivity contribution in [2.24, 2.45) is 5.92 Å².